The molecule has 414 valence electrons. The van der Waals surface area contributed by atoms with E-state index >= 15 is 0 Å². The fourth-order valence-corrected chi connectivity index (χ4v) is 9.05. The molecule has 0 aromatic rings. The van der Waals surface area contributed by atoms with E-state index in [0.717, 1.165) is 70.6 Å². The Hall–Kier alpha value is -2.63. The third-order valence-electron chi connectivity index (χ3n) is 13.8. The van der Waals surface area contributed by atoms with Crippen molar-refractivity contribution in [3.05, 3.63) is 48.6 Å². The molecule has 0 saturated carbocycles. The number of ether oxygens (including phenoxy) is 3. The minimum absolute atomic E-state index is 0.0778. The van der Waals surface area contributed by atoms with Crippen LogP contribution in [0, 0.1) is 0 Å². The summed E-state index contributed by atoms with van der Waals surface area (Å²) < 4.78 is 16.9. The molecule has 0 N–H and O–H groups in total. The Morgan fingerprint density at radius 1 is 0.282 bits per heavy atom. The molecule has 0 rings (SSSR count). The molecular weight excluding hydrogens is 877 g/mol. The first kappa shape index (κ1) is 68.4. The van der Waals surface area contributed by atoms with Crippen LogP contribution < -0.4 is 0 Å². The number of carbonyl (C=O) groups excluding carboxylic acids is 3. The van der Waals surface area contributed by atoms with Gasteiger partial charge in [0.15, 0.2) is 6.10 Å². The molecule has 71 heavy (non-hydrogen) atoms. The first-order valence-corrected chi connectivity index (χ1v) is 31.1. The zero-order valence-electron chi connectivity index (χ0n) is 47.5. The monoisotopic (exact) mass is 995 g/mol. The molecule has 0 aliphatic heterocycles. The molecule has 0 aromatic heterocycles. The van der Waals surface area contributed by atoms with Gasteiger partial charge in [0.25, 0.3) is 0 Å². The van der Waals surface area contributed by atoms with Gasteiger partial charge in [0.2, 0.25) is 0 Å². The third kappa shape index (κ3) is 58.1. The number of allylic oxidation sites excluding steroid dienone is 8. The topological polar surface area (TPSA) is 78.9 Å². The van der Waals surface area contributed by atoms with Gasteiger partial charge in [0.1, 0.15) is 13.2 Å². The fourth-order valence-electron chi connectivity index (χ4n) is 9.05. The summed E-state index contributed by atoms with van der Waals surface area (Å²) in [5, 5.41) is 0. The maximum Gasteiger partial charge on any atom is 0.306 e. The summed E-state index contributed by atoms with van der Waals surface area (Å²) in [5.74, 6) is -0.877. The average molecular weight is 996 g/mol. The zero-order chi connectivity index (χ0) is 51.4. The second kappa shape index (κ2) is 59.9. The van der Waals surface area contributed by atoms with E-state index < -0.39 is 6.10 Å². The molecular formula is C65H118O6. The van der Waals surface area contributed by atoms with Crippen molar-refractivity contribution in [3.63, 3.8) is 0 Å². The summed E-state index contributed by atoms with van der Waals surface area (Å²) in [7, 11) is 0. The van der Waals surface area contributed by atoms with Crippen LogP contribution in [0.15, 0.2) is 48.6 Å². The normalized spacial score (nSPS) is 12.3. The summed E-state index contributed by atoms with van der Waals surface area (Å²) >= 11 is 0. The minimum atomic E-state index is -0.780. The van der Waals surface area contributed by atoms with E-state index in [1.54, 1.807) is 0 Å². The Morgan fingerprint density at radius 3 is 0.817 bits per heavy atom. The fraction of sp³-hybridized carbons (Fsp3) is 0.831. The lowest BCUT2D eigenvalue weighted by Crippen LogP contribution is -2.30. The van der Waals surface area contributed by atoms with Crippen LogP contribution in [0.3, 0.4) is 0 Å². The Kier molecular flexibility index (Phi) is 57.7. The zero-order valence-corrected chi connectivity index (χ0v) is 47.5. The molecule has 0 fully saturated rings. The van der Waals surface area contributed by atoms with Crippen molar-refractivity contribution in [2.24, 2.45) is 0 Å². The summed E-state index contributed by atoms with van der Waals surface area (Å²) in [5.41, 5.74) is 0. The SMILES string of the molecule is CCCCC/C=C\C/C=C\CCCCCCCCCCCC(=O)OC[C@@H](COC(=O)CCCCCCC/C=C\CCCCCCCC)OC(=O)CCCCCCCCC/C=C\CCCCCCCCCC. The van der Waals surface area contributed by atoms with Gasteiger partial charge in [-0.25, -0.2) is 0 Å². The lowest BCUT2D eigenvalue weighted by Gasteiger charge is -2.18. The van der Waals surface area contributed by atoms with Gasteiger partial charge in [-0.1, -0.05) is 256 Å². The van der Waals surface area contributed by atoms with Crippen molar-refractivity contribution in [1.82, 2.24) is 0 Å². The smallest absolute Gasteiger partial charge is 0.306 e. The van der Waals surface area contributed by atoms with Crippen LogP contribution in [0.5, 0.6) is 0 Å². The van der Waals surface area contributed by atoms with Crippen molar-refractivity contribution >= 4 is 17.9 Å². The molecule has 1 atom stereocenters. The second-order valence-corrected chi connectivity index (χ2v) is 21.0. The van der Waals surface area contributed by atoms with Crippen LogP contribution in [0.4, 0.5) is 0 Å². The van der Waals surface area contributed by atoms with E-state index in [1.165, 1.54) is 218 Å². The number of unbranched alkanes of at least 4 members (excludes halogenated alkanes) is 38. The van der Waals surface area contributed by atoms with Crippen LogP contribution in [0.25, 0.3) is 0 Å². The van der Waals surface area contributed by atoms with Gasteiger partial charge in [-0.15, -0.1) is 0 Å². The van der Waals surface area contributed by atoms with Crippen LogP contribution >= 0.6 is 0 Å². The molecule has 0 unspecified atom stereocenters. The quantitative estimate of drug-likeness (QED) is 0.0261. The Bertz CT molecular complexity index is 1230. The van der Waals surface area contributed by atoms with Crippen molar-refractivity contribution in [2.45, 2.75) is 335 Å². The van der Waals surface area contributed by atoms with Crippen LogP contribution in [0.1, 0.15) is 329 Å². The first-order valence-electron chi connectivity index (χ1n) is 31.1. The highest BCUT2D eigenvalue weighted by atomic mass is 16.6. The summed E-state index contributed by atoms with van der Waals surface area (Å²) in [6.45, 7) is 6.64. The van der Waals surface area contributed by atoms with Crippen LogP contribution in [-0.2, 0) is 28.6 Å². The van der Waals surface area contributed by atoms with E-state index in [1.807, 2.05) is 0 Å². The second-order valence-electron chi connectivity index (χ2n) is 21.0. The average Bonchev–Trinajstić information content (AvgIpc) is 3.37. The van der Waals surface area contributed by atoms with Crippen LogP contribution in [0.2, 0.25) is 0 Å². The molecule has 0 amide bonds. The van der Waals surface area contributed by atoms with Crippen LogP contribution in [-0.4, -0.2) is 37.2 Å². The van der Waals surface area contributed by atoms with Crippen molar-refractivity contribution < 1.29 is 28.6 Å². The van der Waals surface area contributed by atoms with Crippen molar-refractivity contribution in [2.75, 3.05) is 13.2 Å². The molecule has 0 aliphatic rings. The van der Waals surface area contributed by atoms with E-state index in [2.05, 4.69) is 69.4 Å². The minimum Gasteiger partial charge on any atom is -0.462 e. The van der Waals surface area contributed by atoms with Gasteiger partial charge >= 0.3 is 17.9 Å². The summed E-state index contributed by atoms with van der Waals surface area (Å²) in [6, 6.07) is 0. The lowest BCUT2D eigenvalue weighted by atomic mass is 10.1. The Morgan fingerprint density at radius 2 is 0.507 bits per heavy atom. The number of carbonyl (C=O) groups is 3. The molecule has 6 nitrogen and oxygen atoms in total. The van der Waals surface area contributed by atoms with Crippen molar-refractivity contribution in [3.8, 4) is 0 Å². The molecule has 0 saturated heterocycles. The van der Waals surface area contributed by atoms with Gasteiger partial charge in [0.05, 0.1) is 0 Å². The Balaban J connectivity index is 4.36. The van der Waals surface area contributed by atoms with E-state index in [4.69, 9.17) is 14.2 Å². The van der Waals surface area contributed by atoms with Gasteiger partial charge in [-0.05, 0) is 103 Å². The molecule has 0 heterocycles. The number of hydrogen-bond acceptors (Lipinski definition) is 6. The molecule has 0 bridgehead atoms. The standard InChI is InChI=1S/C65H118O6/c1-4-7-10-13-16-19-22-25-28-30-32-34-37-40-43-46-49-52-55-58-64(67)70-61-62(60-69-63(66)57-54-51-48-45-42-39-36-27-24-21-18-15-12-9-6-3)71-65(68)59-56-53-50-47-44-41-38-35-33-31-29-26-23-20-17-14-11-8-5-2/h16,19,25,27-28,31,33,36,62H,4-15,17-18,20-24,26,29-30,32,34-35,37-61H2,1-3H3/b19-16-,28-25-,33-31-,36-27-/t62-/m1/s1. The highest BCUT2D eigenvalue weighted by Crippen LogP contribution is 2.16. The highest BCUT2D eigenvalue weighted by Gasteiger charge is 2.19. The largest absolute Gasteiger partial charge is 0.462 e. The van der Waals surface area contributed by atoms with E-state index in [0.29, 0.717) is 19.3 Å². The summed E-state index contributed by atoms with van der Waals surface area (Å²) in [6.07, 6.45) is 73.9. The predicted molar refractivity (Wildman–Crippen MR) is 307 cm³/mol. The first-order chi connectivity index (χ1) is 35.0. The van der Waals surface area contributed by atoms with Gasteiger partial charge in [0, 0.05) is 19.3 Å². The molecule has 0 radical (unpaired) electrons. The predicted octanol–water partition coefficient (Wildman–Crippen LogP) is 21.0. The third-order valence-corrected chi connectivity index (χ3v) is 13.8. The molecule has 6 heteroatoms. The molecule has 0 aromatic carbocycles. The molecule has 0 spiro atoms. The lowest BCUT2D eigenvalue weighted by molar-refractivity contribution is -0.167. The van der Waals surface area contributed by atoms with E-state index in [-0.39, 0.29) is 31.1 Å². The number of rotatable bonds is 57. The maximum atomic E-state index is 12.9. The maximum absolute atomic E-state index is 12.9. The van der Waals surface area contributed by atoms with Gasteiger partial charge < -0.3 is 14.2 Å². The van der Waals surface area contributed by atoms with Gasteiger partial charge in [-0.2, -0.15) is 0 Å². The van der Waals surface area contributed by atoms with Gasteiger partial charge in [-0.3, -0.25) is 14.4 Å². The Labute approximate surface area is 441 Å². The van der Waals surface area contributed by atoms with E-state index in [9.17, 15) is 14.4 Å². The van der Waals surface area contributed by atoms with Crippen molar-refractivity contribution in [1.29, 1.82) is 0 Å². The number of esters is 3. The molecule has 0 aliphatic carbocycles. The highest BCUT2D eigenvalue weighted by molar-refractivity contribution is 5.71. The summed E-state index contributed by atoms with van der Waals surface area (Å²) in [4.78, 5) is 38.3. The number of hydrogen-bond donors (Lipinski definition) is 0.